The molecule has 28 nitrogen and oxygen atoms in total. The molecule has 25 atom stereocenters. The minimum atomic E-state index is -2.13. The molecule has 0 radical (unpaired) electrons. The maximum absolute atomic E-state index is 12.3. The topological polar surface area (TPSA) is 445 Å². The number of aliphatic hydroxyl groups is 15. The SMILES string of the molecule is CC(=O)N[C@H]1[C@H](OC[C@H]2O[C@H](O)[C@@H](O)[C@@H](O[C@H]3O[C@H](CO)[C@@H](O[C@@H]4O[C@H](CO)[C@H](O)[C@H](O)[C@H]4O)[C@H](O)[C@H]3NC(C)=O)[C@@H]2O)O[C@H](CO)[C@@H](O[C@@H]2O[C@H](CO)[C@H](O)[C@H](O)[C@H]2O)[C@@H]1O. The lowest BCUT2D eigenvalue weighted by Crippen LogP contribution is -2.69. The normalized spacial score (nSPS) is 49.0. The fourth-order valence-electron chi connectivity index (χ4n) is 7.73. The van der Waals surface area contributed by atoms with Crippen LogP contribution in [0.2, 0.25) is 0 Å². The number of hydrogen-bond acceptors (Lipinski definition) is 26. The van der Waals surface area contributed by atoms with Gasteiger partial charge in [0, 0.05) is 13.8 Å². The van der Waals surface area contributed by atoms with E-state index < -0.39 is 198 Å². The van der Waals surface area contributed by atoms with Gasteiger partial charge in [0.25, 0.3) is 0 Å². The molecule has 5 fully saturated rings. The van der Waals surface area contributed by atoms with E-state index in [0.717, 1.165) is 13.8 Å². The first-order valence-electron chi connectivity index (χ1n) is 19.6. The van der Waals surface area contributed by atoms with E-state index in [1.165, 1.54) is 0 Å². The minimum Gasteiger partial charge on any atom is -0.394 e. The molecule has 0 spiro atoms. The van der Waals surface area contributed by atoms with E-state index in [-0.39, 0.29) is 0 Å². The highest BCUT2D eigenvalue weighted by atomic mass is 16.8. The summed E-state index contributed by atoms with van der Waals surface area (Å²) in [6.07, 6.45) is -41.2. The molecule has 0 aromatic carbocycles. The van der Waals surface area contributed by atoms with Gasteiger partial charge < -0.3 is 130 Å². The maximum Gasteiger partial charge on any atom is 0.217 e. The second-order valence-corrected chi connectivity index (χ2v) is 15.5. The third-order valence-corrected chi connectivity index (χ3v) is 11.1. The Bertz CT molecular complexity index is 1440. The molecule has 0 aromatic rings. The van der Waals surface area contributed by atoms with E-state index in [2.05, 4.69) is 10.6 Å². The van der Waals surface area contributed by atoms with Crippen LogP contribution in [0.5, 0.6) is 0 Å². The monoisotopic (exact) mass is 910 g/mol. The number of nitrogens with one attached hydrogen (secondary N) is 2. The number of carbonyl (C=O) groups is 2. The van der Waals surface area contributed by atoms with Gasteiger partial charge in [-0.1, -0.05) is 0 Å². The summed E-state index contributed by atoms with van der Waals surface area (Å²) in [6, 6.07) is -3.22. The Balaban J connectivity index is 1.30. The quantitative estimate of drug-likeness (QED) is 0.0725. The Kier molecular flexibility index (Phi) is 18.1. The van der Waals surface area contributed by atoms with Crippen molar-refractivity contribution in [2.75, 3.05) is 33.0 Å². The molecule has 0 unspecified atom stereocenters. The molecule has 5 rings (SSSR count). The summed E-state index contributed by atoms with van der Waals surface area (Å²) in [5, 5.41) is 162. The zero-order chi connectivity index (χ0) is 45.9. The van der Waals surface area contributed by atoms with Crippen LogP contribution in [0.4, 0.5) is 0 Å². The van der Waals surface area contributed by atoms with Crippen molar-refractivity contribution in [2.24, 2.45) is 0 Å². The Labute approximate surface area is 351 Å². The number of hydrogen-bond donors (Lipinski definition) is 17. The summed E-state index contributed by atoms with van der Waals surface area (Å²) in [5.74, 6) is -1.53. The van der Waals surface area contributed by atoms with E-state index in [4.69, 9.17) is 42.6 Å². The lowest BCUT2D eigenvalue weighted by Gasteiger charge is -2.49. The zero-order valence-electron chi connectivity index (χ0n) is 33.2. The summed E-state index contributed by atoms with van der Waals surface area (Å²) in [6.45, 7) is -2.17. The highest BCUT2D eigenvalue weighted by molar-refractivity contribution is 5.73. The molecule has 0 aliphatic carbocycles. The van der Waals surface area contributed by atoms with Gasteiger partial charge in [0.2, 0.25) is 11.8 Å². The second kappa shape index (κ2) is 22.0. The van der Waals surface area contributed by atoms with Gasteiger partial charge in [-0.3, -0.25) is 9.59 Å². The van der Waals surface area contributed by atoms with Crippen LogP contribution in [0.15, 0.2) is 0 Å². The lowest BCUT2D eigenvalue weighted by molar-refractivity contribution is -0.369. The molecule has 62 heavy (non-hydrogen) atoms. The molecule has 5 aliphatic rings. The molecule has 28 heteroatoms. The predicted octanol–water partition coefficient (Wildman–Crippen LogP) is -11.6. The van der Waals surface area contributed by atoms with Gasteiger partial charge in [0.05, 0.1) is 33.0 Å². The van der Waals surface area contributed by atoms with Crippen LogP contribution in [0, 0.1) is 0 Å². The molecule has 2 amide bonds. The van der Waals surface area contributed by atoms with Crippen LogP contribution in [-0.4, -0.2) is 275 Å². The molecule has 0 saturated carbocycles. The van der Waals surface area contributed by atoms with Crippen molar-refractivity contribution >= 4 is 11.8 Å². The summed E-state index contributed by atoms with van der Waals surface area (Å²) in [7, 11) is 0. The Morgan fingerprint density at radius 1 is 0.419 bits per heavy atom. The maximum atomic E-state index is 12.3. The zero-order valence-corrected chi connectivity index (χ0v) is 33.2. The number of carbonyl (C=O) groups excluding carboxylic acids is 2. The number of rotatable bonds is 15. The van der Waals surface area contributed by atoms with E-state index in [0.29, 0.717) is 0 Å². The predicted molar refractivity (Wildman–Crippen MR) is 190 cm³/mol. The second-order valence-electron chi connectivity index (χ2n) is 15.5. The van der Waals surface area contributed by atoms with Crippen molar-refractivity contribution < 1.29 is 129 Å². The summed E-state index contributed by atoms with van der Waals surface area (Å²) in [4.78, 5) is 24.5. The van der Waals surface area contributed by atoms with Crippen LogP contribution in [-0.2, 0) is 52.2 Å². The average Bonchev–Trinajstić information content (AvgIpc) is 3.23. The van der Waals surface area contributed by atoms with Gasteiger partial charge in [-0.25, -0.2) is 0 Å². The average molecular weight is 911 g/mol. The molecule has 5 aliphatic heterocycles. The first kappa shape index (κ1) is 51.0. The molecule has 360 valence electrons. The van der Waals surface area contributed by atoms with Crippen molar-refractivity contribution in [1.82, 2.24) is 10.6 Å². The summed E-state index contributed by atoms with van der Waals surface area (Å²) >= 11 is 0. The van der Waals surface area contributed by atoms with Crippen molar-refractivity contribution in [1.29, 1.82) is 0 Å². The van der Waals surface area contributed by atoms with Crippen molar-refractivity contribution in [3.63, 3.8) is 0 Å². The van der Waals surface area contributed by atoms with Crippen LogP contribution < -0.4 is 10.6 Å². The van der Waals surface area contributed by atoms with Crippen LogP contribution in [0.1, 0.15) is 13.8 Å². The van der Waals surface area contributed by atoms with Gasteiger partial charge in [-0.2, -0.15) is 0 Å². The smallest absolute Gasteiger partial charge is 0.217 e. The van der Waals surface area contributed by atoms with Gasteiger partial charge >= 0.3 is 0 Å². The number of aliphatic hydroxyl groups excluding tert-OH is 15. The first-order valence-corrected chi connectivity index (χ1v) is 19.6. The summed E-state index contributed by atoms with van der Waals surface area (Å²) < 4.78 is 50.5. The lowest BCUT2D eigenvalue weighted by atomic mass is 9.94. The highest BCUT2D eigenvalue weighted by Crippen LogP contribution is 2.34. The van der Waals surface area contributed by atoms with Gasteiger partial charge in [-0.05, 0) is 0 Å². The van der Waals surface area contributed by atoms with E-state index in [1.54, 1.807) is 0 Å². The minimum absolute atomic E-state index is 0.744. The molecule has 0 bridgehead atoms. The van der Waals surface area contributed by atoms with Gasteiger partial charge in [0.15, 0.2) is 31.5 Å². The number of ether oxygens (including phenoxy) is 9. The van der Waals surface area contributed by atoms with Crippen molar-refractivity contribution in [3.05, 3.63) is 0 Å². The third kappa shape index (κ3) is 11.0. The van der Waals surface area contributed by atoms with Crippen LogP contribution in [0.25, 0.3) is 0 Å². The van der Waals surface area contributed by atoms with Gasteiger partial charge in [-0.15, -0.1) is 0 Å². The molecule has 0 aromatic heterocycles. The highest BCUT2D eigenvalue weighted by Gasteiger charge is 2.56. The Hall–Kier alpha value is -2.02. The molecular formula is C34H58N2O26. The largest absolute Gasteiger partial charge is 0.394 e. The molecule has 17 N–H and O–H groups in total. The fourth-order valence-corrected chi connectivity index (χ4v) is 7.73. The van der Waals surface area contributed by atoms with Crippen LogP contribution >= 0.6 is 0 Å². The number of amides is 2. The molecule has 5 heterocycles. The van der Waals surface area contributed by atoms with Crippen molar-refractivity contribution in [2.45, 2.75) is 167 Å². The van der Waals surface area contributed by atoms with E-state index in [9.17, 15) is 86.2 Å². The fraction of sp³-hybridized carbons (Fsp3) is 0.941. The molecular weight excluding hydrogens is 852 g/mol. The summed E-state index contributed by atoms with van der Waals surface area (Å²) in [5.41, 5.74) is 0. The van der Waals surface area contributed by atoms with E-state index in [1.807, 2.05) is 0 Å². The van der Waals surface area contributed by atoms with Gasteiger partial charge in [0.1, 0.15) is 122 Å². The molecule has 5 saturated heterocycles. The van der Waals surface area contributed by atoms with Crippen LogP contribution in [0.3, 0.4) is 0 Å². The Morgan fingerprint density at radius 2 is 0.806 bits per heavy atom. The standard InChI is InChI=1S/C34H58N2O26/c1-8(41)35-15-20(46)27(60-33-24(50)22(48)17(43)10(3-37)56-33)12(5-39)58-31(15)54-7-14-19(45)29(26(52)30(53)55-14)62-32-16(36-9(2)42)21(47)28(13(6-40)59-32)61-34-25(51)23(49)18(44)11(4-38)57-34/h10-34,37-40,43-53H,3-7H2,1-2H3,(H,35,41)(H,36,42)/t10-,11-,12-,13-,14-,15-,16-,17+,18+,19-,20-,21-,22+,23+,24-,25-,26+,27-,28-,29+,30+,31-,32-,33+,34+/m1/s1. The third-order valence-electron chi connectivity index (χ3n) is 11.1. The Morgan fingerprint density at radius 3 is 1.23 bits per heavy atom. The van der Waals surface area contributed by atoms with Crippen molar-refractivity contribution in [3.8, 4) is 0 Å². The van der Waals surface area contributed by atoms with E-state index >= 15 is 0 Å². The first-order chi connectivity index (χ1) is 29.3.